The van der Waals surface area contributed by atoms with E-state index in [0.29, 0.717) is 38.0 Å². The molecule has 8 nitrogen and oxygen atoms in total. The number of aromatic nitrogens is 3. The zero-order valence-electron chi connectivity index (χ0n) is 20.0. The number of ether oxygens (including phenoxy) is 1. The Bertz CT molecular complexity index is 1160. The first-order valence-corrected chi connectivity index (χ1v) is 11.8. The number of fused-ring (bicyclic) bond motifs is 1. The van der Waals surface area contributed by atoms with E-state index in [0.717, 1.165) is 29.7 Å². The molecule has 35 heavy (non-hydrogen) atoms. The Balaban J connectivity index is 1.80. The van der Waals surface area contributed by atoms with Crippen LogP contribution >= 0.6 is 0 Å². The van der Waals surface area contributed by atoms with E-state index >= 15 is 0 Å². The molecule has 2 amide bonds. The fraction of sp³-hybridized carbons (Fsp3) is 0.333. The molecule has 1 aliphatic carbocycles. The third-order valence-corrected chi connectivity index (χ3v) is 6.52. The van der Waals surface area contributed by atoms with Crippen LogP contribution in [0, 0.1) is 0 Å². The maximum Gasteiger partial charge on any atom is 0.255 e. The van der Waals surface area contributed by atoms with E-state index in [2.05, 4.69) is 21.9 Å². The minimum atomic E-state index is -1.15. The van der Waals surface area contributed by atoms with Gasteiger partial charge >= 0.3 is 0 Å². The number of nitrogens with one attached hydrogen (secondary N) is 1. The molecule has 0 fully saturated rings. The lowest BCUT2D eigenvalue weighted by Gasteiger charge is -2.46. The summed E-state index contributed by atoms with van der Waals surface area (Å²) in [5.41, 5.74) is 1.21. The number of amides is 2. The molecular formula is C27H31N5O3. The largest absolute Gasteiger partial charge is 0.497 e. The topological polar surface area (TPSA) is 89.4 Å². The van der Waals surface area contributed by atoms with Crippen LogP contribution < -0.4 is 10.1 Å². The lowest BCUT2D eigenvalue weighted by Crippen LogP contribution is -2.60. The van der Waals surface area contributed by atoms with Gasteiger partial charge in [0.05, 0.1) is 13.4 Å². The molecule has 0 bridgehead atoms. The molecule has 1 unspecified atom stereocenters. The van der Waals surface area contributed by atoms with E-state index in [-0.39, 0.29) is 11.8 Å². The molecule has 0 saturated carbocycles. The van der Waals surface area contributed by atoms with E-state index < -0.39 is 5.54 Å². The van der Waals surface area contributed by atoms with Crippen LogP contribution in [0.15, 0.2) is 74.1 Å². The summed E-state index contributed by atoms with van der Waals surface area (Å²) in [7, 11) is 1.63. The van der Waals surface area contributed by atoms with E-state index in [1.807, 2.05) is 29.0 Å². The number of hydrogen-bond acceptors (Lipinski definition) is 5. The zero-order chi connectivity index (χ0) is 24.7. The van der Waals surface area contributed by atoms with Crippen LogP contribution in [0.25, 0.3) is 0 Å². The summed E-state index contributed by atoms with van der Waals surface area (Å²) in [5.74, 6) is 0.335. The van der Waals surface area contributed by atoms with Crippen LogP contribution in [0.1, 0.15) is 40.7 Å². The lowest BCUT2D eigenvalue weighted by molar-refractivity contribution is -0.133. The molecule has 182 valence electrons. The second-order valence-electron chi connectivity index (χ2n) is 8.58. The monoisotopic (exact) mass is 473 g/mol. The SMILES string of the molecule is C=CCNC(=O)C1(N(CCCn2ccnc2)C(=O)c2ccncc2)CCCc2cc(OC)ccc21. The van der Waals surface area contributed by atoms with Gasteiger partial charge in [0.25, 0.3) is 11.8 Å². The highest BCUT2D eigenvalue weighted by Gasteiger charge is 2.50. The maximum absolute atomic E-state index is 14.0. The fourth-order valence-corrected chi connectivity index (χ4v) is 4.87. The number of carbonyl (C=O) groups is 2. The first-order valence-electron chi connectivity index (χ1n) is 11.8. The number of hydrogen-bond donors (Lipinski definition) is 1. The average molecular weight is 474 g/mol. The van der Waals surface area contributed by atoms with Crippen LogP contribution in [0.5, 0.6) is 5.75 Å². The summed E-state index contributed by atoms with van der Waals surface area (Å²) in [4.78, 5) is 37.9. The molecule has 4 rings (SSSR count). The van der Waals surface area contributed by atoms with Gasteiger partial charge < -0.3 is 19.5 Å². The van der Waals surface area contributed by atoms with Gasteiger partial charge in [0.1, 0.15) is 11.3 Å². The smallest absolute Gasteiger partial charge is 0.255 e. The summed E-state index contributed by atoms with van der Waals surface area (Å²) in [6, 6.07) is 9.16. The van der Waals surface area contributed by atoms with Crippen molar-refractivity contribution in [3.05, 3.63) is 90.8 Å². The van der Waals surface area contributed by atoms with Crippen molar-refractivity contribution < 1.29 is 14.3 Å². The minimum absolute atomic E-state index is 0.199. The van der Waals surface area contributed by atoms with Gasteiger partial charge in [0.15, 0.2) is 0 Å². The molecule has 1 aliphatic rings. The van der Waals surface area contributed by atoms with Gasteiger partial charge in [0.2, 0.25) is 0 Å². The van der Waals surface area contributed by atoms with Gasteiger partial charge in [-0.25, -0.2) is 4.98 Å². The molecule has 0 radical (unpaired) electrons. The maximum atomic E-state index is 14.0. The van der Waals surface area contributed by atoms with E-state index in [1.165, 1.54) is 0 Å². The summed E-state index contributed by atoms with van der Waals surface area (Å²) < 4.78 is 7.42. The molecule has 0 aliphatic heterocycles. The predicted octanol–water partition coefficient (Wildman–Crippen LogP) is 3.35. The predicted molar refractivity (Wildman–Crippen MR) is 133 cm³/mol. The van der Waals surface area contributed by atoms with Crippen LogP contribution in [-0.4, -0.2) is 51.4 Å². The van der Waals surface area contributed by atoms with Crippen LogP contribution in [-0.2, 0) is 23.3 Å². The quantitative estimate of drug-likeness (QED) is 0.456. The number of rotatable bonds is 10. The molecule has 3 aromatic rings. The summed E-state index contributed by atoms with van der Waals surface area (Å²) >= 11 is 0. The first-order chi connectivity index (χ1) is 17.1. The summed E-state index contributed by atoms with van der Waals surface area (Å²) in [6.45, 7) is 5.14. The highest BCUT2D eigenvalue weighted by Crippen LogP contribution is 2.42. The molecule has 1 aromatic carbocycles. The Morgan fingerprint density at radius 2 is 2.06 bits per heavy atom. The molecule has 0 saturated heterocycles. The lowest BCUT2D eigenvalue weighted by atomic mass is 9.74. The second-order valence-corrected chi connectivity index (χ2v) is 8.58. The highest BCUT2D eigenvalue weighted by atomic mass is 16.5. The second kappa shape index (κ2) is 11.0. The van der Waals surface area contributed by atoms with Gasteiger partial charge in [-0.15, -0.1) is 6.58 Å². The number of benzene rings is 1. The number of methoxy groups -OCH3 is 1. The van der Waals surface area contributed by atoms with Crippen molar-refractivity contribution in [2.75, 3.05) is 20.2 Å². The first kappa shape index (κ1) is 24.2. The molecule has 2 aromatic heterocycles. The Morgan fingerprint density at radius 3 is 2.77 bits per heavy atom. The number of pyridine rings is 1. The summed E-state index contributed by atoms with van der Waals surface area (Å²) in [6.07, 6.45) is 13.0. The number of nitrogens with zero attached hydrogens (tertiary/aromatic N) is 4. The van der Waals surface area contributed by atoms with E-state index in [4.69, 9.17) is 4.74 Å². The Hall–Kier alpha value is -3.94. The van der Waals surface area contributed by atoms with Gasteiger partial charge in [-0.3, -0.25) is 14.6 Å². The van der Waals surface area contributed by atoms with Gasteiger partial charge in [-0.1, -0.05) is 12.1 Å². The van der Waals surface area contributed by atoms with Crippen LogP contribution in [0.2, 0.25) is 0 Å². The van der Waals surface area contributed by atoms with Crippen molar-refractivity contribution in [1.82, 2.24) is 24.8 Å². The van der Waals surface area contributed by atoms with Crippen molar-refractivity contribution in [2.24, 2.45) is 0 Å². The normalized spacial score (nSPS) is 16.7. The van der Waals surface area contributed by atoms with E-state index in [9.17, 15) is 9.59 Å². The molecule has 1 N–H and O–H groups in total. The van der Waals surface area contributed by atoms with E-state index in [1.54, 1.807) is 55.1 Å². The van der Waals surface area contributed by atoms with Crippen molar-refractivity contribution in [1.29, 1.82) is 0 Å². The molecule has 8 heteroatoms. The Labute approximate surface area is 205 Å². The fourth-order valence-electron chi connectivity index (χ4n) is 4.87. The van der Waals surface area contributed by atoms with Crippen molar-refractivity contribution in [3.8, 4) is 5.75 Å². The molecule has 2 heterocycles. The summed E-state index contributed by atoms with van der Waals surface area (Å²) in [5, 5.41) is 2.99. The number of imidazole rings is 1. The molecule has 1 atom stereocenters. The van der Waals surface area contributed by atoms with Gasteiger partial charge in [-0.2, -0.15) is 0 Å². The Kier molecular flexibility index (Phi) is 7.60. The van der Waals surface area contributed by atoms with Gasteiger partial charge in [0, 0.05) is 50.0 Å². The van der Waals surface area contributed by atoms with Crippen molar-refractivity contribution in [3.63, 3.8) is 0 Å². The number of aryl methyl sites for hydroxylation is 2. The Morgan fingerprint density at radius 1 is 1.23 bits per heavy atom. The highest BCUT2D eigenvalue weighted by molar-refractivity contribution is 6.00. The molecular weight excluding hydrogens is 442 g/mol. The van der Waals surface area contributed by atoms with Crippen molar-refractivity contribution in [2.45, 2.75) is 37.8 Å². The van der Waals surface area contributed by atoms with Crippen LogP contribution in [0.3, 0.4) is 0 Å². The molecule has 0 spiro atoms. The third kappa shape index (κ3) is 4.96. The number of carbonyl (C=O) groups excluding carboxylic acids is 2. The van der Waals surface area contributed by atoms with Gasteiger partial charge in [-0.05, 0) is 61.1 Å². The average Bonchev–Trinajstić information content (AvgIpc) is 3.43. The van der Waals surface area contributed by atoms with Crippen molar-refractivity contribution >= 4 is 11.8 Å². The van der Waals surface area contributed by atoms with Crippen LogP contribution in [0.4, 0.5) is 0 Å². The standard InChI is InChI=1S/C27H31N5O3/c1-3-12-30-26(34)27(11-4-6-22-19-23(35-2)7-8-24(22)27)32(17-5-16-31-18-15-29-20-31)25(33)21-9-13-28-14-10-21/h3,7-10,13-15,18-20H,1,4-6,11-12,16-17H2,2H3,(H,30,34). The zero-order valence-corrected chi connectivity index (χ0v) is 20.0. The minimum Gasteiger partial charge on any atom is -0.497 e. The third-order valence-electron chi connectivity index (χ3n) is 6.52.